The number of nitrogens with one attached hydrogen (secondary N) is 1. The Morgan fingerprint density at radius 1 is 1.27 bits per heavy atom. The molecule has 2 heterocycles. The lowest BCUT2D eigenvalue weighted by Crippen LogP contribution is -1.84. The molecule has 15 heavy (non-hydrogen) atoms. The predicted molar refractivity (Wildman–Crippen MR) is 64.4 cm³/mol. The Morgan fingerprint density at radius 3 is 2.87 bits per heavy atom. The Balaban J connectivity index is 2.19. The number of pyridine rings is 1. The van der Waals surface area contributed by atoms with Crippen LogP contribution in [-0.4, -0.2) is 9.36 Å². The number of nitrogens with zero attached hydrogens (tertiary/aromatic N) is 1. The molecule has 2 aromatic heterocycles. The highest BCUT2D eigenvalue weighted by Gasteiger charge is 2.05. The van der Waals surface area contributed by atoms with Gasteiger partial charge >= 0.3 is 0 Å². The van der Waals surface area contributed by atoms with Crippen molar-refractivity contribution in [1.82, 2.24) is 9.36 Å². The van der Waals surface area contributed by atoms with Crippen LogP contribution in [0.25, 0.3) is 21.3 Å². The molecule has 2 nitrogen and oxygen atoms in total. The van der Waals surface area contributed by atoms with Crippen molar-refractivity contribution in [3.05, 3.63) is 41.7 Å². The lowest BCUT2D eigenvalue weighted by molar-refractivity contribution is 1.33. The summed E-state index contributed by atoms with van der Waals surface area (Å²) >= 11 is 7.67. The number of halogens is 1. The molecule has 3 rings (SSSR count). The third kappa shape index (κ3) is 1.44. The van der Waals surface area contributed by atoms with Crippen molar-refractivity contribution >= 4 is 33.4 Å². The first kappa shape index (κ1) is 8.95. The average Bonchev–Trinajstić information content (AvgIpc) is 2.21. The number of aromatic amines is 1. The lowest BCUT2D eigenvalue weighted by atomic mass is 10.1. The minimum absolute atomic E-state index is 0.546. The summed E-state index contributed by atoms with van der Waals surface area (Å²) in [5, 5.41) is 0.546. The van der Waals surface area contributed by atoms with Gasteiger partial charge in [-0.3, -0.25) is 0 Å². The van der Waals surface area contributed by atoms with Crippen molar-refractivity contribution in [3.8, 4) is 11.1 Å². The van der Waals surface area contributed by atoms with Gasteiger partial charge in [0.25, 0.3) is 0 Å². The molecule has 0 aliphatic rings. The predicted octanol–water partition coefficient (Wildman–Crippen LogP) is 3.94. The third-order valence-corrected chi connectivity index (χ3v) is 3.52. The van der Waals surface area contributed by atoms with Gasteiger partial charge in [-0.2, -0.15) is 0 Å². The lowest BCUT2D eigenvalue weighted by Gasteiger charge is -2.06. The fraction of sp³-hybridized carbons (Fsp3) is 0. The van der Waals surface area contributed by atoms with Gasteiger partial charge in [-0.25, -0.2) is 4.98 Å². The second kappa shape index (κ2) is 3.36. The maximum absolute atomic E-state index is 6.03. The molecule has 0 unspecified atom stereocenters. The van der Waals surface area contributed by atoms with Crippen molar-refractivity contribution in [2.75, 3.05) is 0 Å². The van der Waals surface area contributed by atoms with E-state index in [1.807, 2.05) is 12.1 Å². The van der Waals surface area contributed by atoms with Crippen LogP contribution in [0.3, 0.4) is 0 Å². The van der Waals surface area contributed by atoms with Crippen LogP contribution in [0.15, 0.2) is 36.5 Å². The molecule has 0 aliphatic carbocycles. The first-order chi connectivity index (χ1) is 7.34. The first-order valence-electron chi connectivity index (χ1n) is 4.52. The van der Waals surface area contributed by atoms with Crippen LogP contribution < -0.4 is 0 Å². The molecular weight excluding hydrogens is 228 g/mol. The summed E-state index contributed by atoms with van der Waals surface area (Å²) in [6, 6.07) is 10.1. The van der Waals surface area contributed by atoms with Gasteiger partial charge in [0.2, 0.25) is 0 Å². The number of rotatable bonds is 1. The largest absolute Gasteiger partial charge is 0.309 e. The van der Waals surface area contributed by atoms with E-state index in [1.165, 1.54) is 4.70 Å². The molecule has 0 saturated carbocycles. The minimum Gasteiger partial charge on any atom is -0.309 e. The quantitative estimate of drug-likeness (QED) is 0.635. The van der Waals surface area contributed by atoms with Crippen LogP contribution in [0.5, 0.6) is 0 Å². The number of fused-ring (bicyclic) bond motifs is 1. The Morgan fingerprint density at radius 2 is 2.20 bits per heavy atom. The molecule has 0 fully saturated rings. The summed E-state index contributed by atoms with van der Waals surface area (Å²) in [5.74, 6) is 0. The second-order valence-corrected chi connectivity index (χ2v) is 4.46. The zero-order valence-electron chi connectivity index (χ0n) is 7.70. The summed E-state index contributed by atoms with van der Waals surface area (Å²) in [5.41, 5.74) is 3.23. The first-order valence-corrected chi connectivity index (χ1v) is 5.72. The monoisotopic (exact) mass is 234 g/mol. The molecular formula is C11H7ClN2S. The van der Waals surface area contributed by atoms with E-state index in [9.17, 15) is 0 Å². The Hall–Kier alpha value is -1.32. The standard InChI is InChI=1S/C11H7ClN2S/c12-11-8(2-1-5-13-11)7-3-4-10-9(6-7)14-15-10/h1-6,14H. The molecule has 0 aliphatic heterocycles. The SMILES string of the molecule is Clc1ncccc1-c1ccc2s[nH]c2c1. The van der Waals surface area contributed by atoms with E-state index >= 15 is 0 Å². The fourth-order valence-electron chi connectivity index (χ4n) is 1.53. The van der Waals surface area contributed by atoms with E-state index in [2.05, 4.69) is 27.6 Å². The molecule has 0 atom stereocenters. The molecule has 0 radical (unpaired) electrons. The van der Waals surface area contributed by atoms with Crippen molar-refractivity contribution in [2.24, 2.45) is 0 Å². The van der Waals surface area contributed by atoms with Crippen LogP contribution in [0.2, 0.25) is 5.15 Å². The number of aromatic nitrogens is 2. The third-order valence-electron chi connectivity index (χ3n) is 2.32. The van der Waals surface area contributed by atoms with Gasteiger partial charge in [-0.15, -0.1) is 0 Å². The Labute approximate surface area is 95.7 Å². The van der Waals surface area contributed by atoms with Crippen molar-refractivity contribution in [2.45, 2.75) is 0 Å². The summed E-state index contributed by atoms with van der Waals surface area (Å²) < 4.78 is 4.45. The van der Waals surface area contributed by atoms with Gasteiger partial charge < -0.3 is 4.37 Å². The van der Waals surface area contributed by atoms with E-state index in [4.69, 9.17) is 11.6 Å². The maximum atomic E-state index is 6.03. The molecule has 4 heteroatoms. The molecule has 1 N–H and O–H groups in total. The van der Waals surface area contributed by atoms with Crippen LogP contribution in [0.4, 0.5) is 0 Å². The highest BCUT2D eigenvalue weighted by Crippen LogP contribution is 2.30. The van der Waals surface area contributed by atoms with Crippen LogP contribution in [0, 0.1) is 0 Å². The van der Waals surface area contributed by atoms with E-state index in [0.29, 0.717) is 5.15 Å². The van der Waals surface area contributed by atoms with Crippen molar-refractivity contribution < 1.29 is 0 Å². The number of hydrogen-bond acceptors (Lipinski definition) is 2. The van der Waals surface area contributed by atoms with Crippen LogP contribution in [0.1, 0.15) is 0 Å². The summed E-state index contributed by atoms with van der Waals surface area (Å²) in [6.07, 6.45) is 1.70. The maximum Gasteiger partial charge on any atom is 0.136 e. The average molecular weight is 235 g/mol. The Bertz CT molecular complexity index is 612. The van der Waals surface area contributed by atoms with Gasteiger partial charge in [0.1, 0.15) is 5.15 Å². The van der Waals surface area contributed by atoms with E-state index < -0.39 is 0 Å². The summed E-state index contributed by atoms with van der Waals surface area (Å²) in [6.45, 7) is 0. The normalized spacial score (nSPS) is 11.0. The van der Waals surface area contributed by atoms with Gasteiger partial charge in [0.05, 0.1) is 10.2 Å². The molecule has 74 valence electrons. The van der Waals surface area contributed by atoms with Gasteiger partial charge in [-0.05, 0) is 29.8 Å². The van der Waals surface area contributed by atoms with Crippen LogP contribution >= 0.6 is 23.1 Å². The zero-order chi connectivity index (χ0) is 10.3. The molecule has 0 bridgehead atoms. The molecule has 0 amide bonds. The number of benzene rings is 1. The van der Waals surface area contributed by atoms with Crippen molar-refractivity contribution in [1.29, 1.82) is 0 Å². The topological polar surface area (TPSA) is 28.7 Å². The molecule has 3 aromatic rings. The highest BCUT2D eigenvalue weighted by molar-refractivity contribution is 7.15. The van der Waals surface area contributed by atoms with Gasteiger partial charge in [-0.1, -0.05) is 29.2 Å². The van der Waals surface area contributed by atoms with E-state index in [1.54, 1.807) is 17.7 Å². The molecule has 0 saturated heterocycles. The van der Waals surface area contributed by atoms with Crippen LogP contribution in [-0.2, 0) is 0 Å². The minimum atomic E-state index is 0.546. The fourth-order valence-corrected chi connectivity index (χ4v) is 2.35. The summed E-state index contributed by atoms with van der Waals surface area (Å²) in [4.78, 5) is 4.07. The van der Waals surface area contributed by atoms with E-state index in [-0.39, 0.29) is 0 Å². The number of hydrogen-bond donors (Lipinski definition) is 1. The van der Waals surface area contributed by atoms with Gasteiger partial charge in [0.15, 0.2) is 0 Å². The Kier molecular flexibility index (Phi) is 2.01. The summed E-state index contributed by atoms with van der Waals surface area (Å²) in [7, 11) is 0. The van der Waals surface area contributed by atoms with E-state index in [0.717, 1.165) is 16.6 Å². The smallest absolute Gasteiger partial charge is 0.136 e. The second-order valence-electron chi connectivity index (χ2n) is 3.26. The molecule has 1 aromatic carbocycles. The number of H-pyrrole nitrogens is 1. The van der Waals surface area contributed by atoms with Gasteiger partial charge in [0, 0.05) is 11.8 Å². The van der Waals surface area contributed by atoms with Crippen molar-refractivity contribution in [3.63, 3.8) is 0 Å². The molecule has 0 spiro atoms. The highest BCUT2D eigenvalue weighted by atomic mass is 35.5. The zero-order valence-corrected chi connectivity index (χ0v) is 9.27.